The normalized spacial score (nSPS) is 18.9. The quantitative estimate of drug-likeness (QED) is 0.740. The number of nitrogens with zero attached hydrogens (tertiary/aromatic N) is 3. The van der Waals surface area contributed by atoms with Crippen molar-refractivity contribution in [3.05, 3.63) is 18.0 Å². The highest BCUT2D eigenvalue weighted by Crippen LogP contribution is 2.14. The van der Waals surface area contributed by atoms with Gasteiger partial charge in [-0.3, -0.25) is 0 Å². The molecule has 1 aliphatic heterocycles. The number of aromatic nitrogens is 1. The first kappa shape index (κ1) is 14.5. The van der Waals surface area contributed by atoms with Crippen LogP contribution in [0.3, 0.4) is 0 Å². The van der Waals surface area contributed by atoms with Gasteiger partial charge in [0.2, 0.25) is 0 Å². The number of sulfonamides is 1. The van der Waals surface area contributed by atoms with Crippen LogP contribution in [0.4, 0.5) is 0 Å². The molecule has 1 saturated heterocycles. The highest BCUT2D eigenvalue weighted by molar-refractivity contribution is 7.89. The lowest BCUT2D eigenvalue weighted by atomic mass is 10.4. The lowest BCUT2D eigenvalue weighted by molar-refractivity contribution is 0.135. The molecular weight excluding hydrogens is 268 g/mol. The van der Waals surface area contributed by atoms with E-state index in [9.17, 15) is 8.42 Å². The number of hydrazine groups is 1. The van der Waals surface area contributed by atoms with E-state index in [1.165, 1.54) is 12.3 Å². The van der Waals surface area contributed by atoms with E-state index in [0.29, 0.717) is 18.8 Å². The molecule has 2 heterocycles. The largest absolute Gasteiger partial charge is 0.390 e. The molecule has 1 fully saturated rings. The monoisotopic (exact) mass is 288 g/mol. The van der Waals surface area contributed by atoms with Crippen LogP contribution >= 0.6 is 0 Å². The molecule has 0 amide bonds. The van der Waals surface area contributed by atoms with Gasteiger partial charge in [0, 0.05) is 45.1 Å². The predicted octanol–water partition coefficient (Wildman–Crippen LogP) is -1.04. The minimum Gasteiger partial charge on any atom is -0.390 e. The Kier molecular flexibility index (Phi) is 4.26. The topological polar surface area (TPSA) is 77.8 Å². The van der Waals surface area contributed by atoms with Crippen molar-refractivity contribution in [1.29, 1.82) is 0 Å². The van der Waals surface area contributed by atoms with Crippen LogP contribution in [0, 0.1) is 0 Å². The number of rotatable bonds is 4. The molecule has 0 saturated carbocycles. The van der Waals surface area contributed by atoms with E-state index in [2.05, 4.69) is 9.73 Å². The maximum atomic E-state index is 12.2. The lowest BCUT2D eigenvalue weighted by Gasteiger charge is -2.31. The van der Waals surface area contributed by atoms with Gasteiger partial charge in [-0.1, -0.05) is 0 Å². The van der Waals surface area contributed by atoms with Gasteiger partial charge in [-0.2, -0.15) is 0 Å². The first-order chi connectivity index (χ1) is 8.92. The maximum Gasteiger partial charge on any atom is 0.254 e. The van der Waals surface area contributed by atoms with Crippen molar-refractivity contribution >= 4 is 10.0 Å². The molecule has 2 rings (SSSR count). The van der Waals surface area contributed by atoms with Gasteiger partial charge in [0.1, 0.15) is 4.90 Å². The molecule has 0 unspecified atom stereocenters. The minimum absolute atomic E-state index is 0.179. The molecule has 108 valence electrons. The highest BCUT2D eigenvalue weighted by atomic mass is 32.2. The average Bonchev–Trinajstić information content (AvgIpc) is 2.74. The van der Waals surface area contributed by atoms with Crippen molar-refractivity contribution in [2.45, 2.75) is 11.5 Å². The molecule has 1 aromatic rings. The number of aryl methyl sites for hydroxylation is 1. The van der Waals surface area contributed by atoms with Crippen LogP contribution in [0.25, 0.3) is 0 Å². The summed E-state index contributed by atoms with van der Waals surface area (Å²) in [4.78, 5) is 4.91. The van der Waals surface area contributed by atoms with Gasteiger partial charge in [0.15, 0.2) is 0 Å². The van der Waals surface area contributed by atoms with Crippen LogP contribution in [0.2, 0.25) is 0 Å². The summed E-state index contributed by atoms with van der Waals surface area (Å²) in [6.45, 7) is 2.81. The Bertz CT molecular complexity index is 532. The summed E-state index contributed by atoms with van der Waals surface area (Å²) in [5, 5.41) is 10.8. The van der Waals surface area contributed by atoms with Gasteiger partial charge in [0.05, 0.1) is 6.61 Å². The zero-order valence-corrected chi connectivity index (χ0v) is 12.0. The molecule has 19 heavy (non-hydrogen) atoms. The number of nitrogens with one attached hydrogen (secondary N) is 1. The predicted molar refractivity (Wildman–Crippen MR) is 70.7 cm³/mol. The highest BCUT2D eigenvalue weighted by Gasteiger charge is 2.22. The number of hydrogen-bond acceptors (Lipinski definition) is 5. The van der Waals surface area contributed by atoms with Crippen LogP contribution < -0.4 is 4.83 Å². The van der Waals surface area contributed by atoms with Crippen molar-refractivity contribution < 1.29 is 13.5 Å². The number of likely N-dealkylation sites (N-methyl/N-ethyl adjacent to an activating group) is 1. The summed E-state index contributed by atoms with van der Waals surface area (Å²) < 4.78 is 26.0. The molecule has 0 spiro atoms. The van der Waals surface area contributed by atoms with Gasteiger partial charge in [-0.15, -0.1) is 4.83 Å². The summed E-state index contributed by atoms with van der Waals surface area (Å²) in [7, 11) is 0.156. The summed E-state index contributed by atoms with van der Waals surface area (Å²) in [5.74, 6) is 0. The van der Waals surface area contributed by atoms with E-state index >= 15 is 0 Å². The van der Waals surface area contributed by atoms with Crippen molar-refractivity contribution in [3.8, 4) is 0 Å². The molecule has 8 heteroatoms. The summed E-state index contributed by atoms with van der Waals surface area (Å²) in [6.07, 6.45) is 1.50. The Hall–Kier alpha value is -0.930. The van der Waals surface area contributed by atoms with Crippen molar-refractivity contribution in [3.63, 3.8) is 0 Å². The van der Waals surface area contributed by atoms with Gasteiger partial charge in [-0.25, -0.2) is 13.4 Å². The SMILES string of the molecule is CN1CCN(NS(=O)(=O)c2cc(CO)n(C)c2)CC1. The third kappa shape index (κ3) is 3.34. The number of hydrogen-bond donors (Lipinski definition) is 2. The molecule has 0 aromatic carbocycles. The second-order valence-corrected chi connectivity index (χ2v) is 6.48. The zero-order valence-electron chi connectivity index (χ0n) is 11.2. The van der Waals surface area contributed by atoms with Crippen LogP contribution in [-0.2, 0) is 23.7 Å². The minimum atomic E-state index is -3.56. The van der Waals surface area contributed by atoms with E-state index in [1.54, 1.807) is 16.6 Å². The van der Waals surface area contributed by atoms with E-state index in [-0.39, 0.29) is 11.5 Å². The molecule has 1 aromatic heterocycles. The molecule has 2 N–H and O–H groups in total. The molecule has 0 atom stereocenters. The first-order valence-corrected chi connectivity index (χ1v) is 7.63. The summed E-state index contributed by atoms with van der Waals surface area (Å²) in [6, 6.07) is 1.48. The van der Waals surface area contributed by atoms with Crippen LogP contribution in [0.15, 0.2) is 17.2 Å². The van der Waals surface area contributed by atoms with Crippen LogP contribution in [-0.4, -0.2) is 61.2 Å². The number of aliphatic hydroxyl groups is 1. The van der Waals surface area contributed by atoms with Crippen LogP contribution in [0.5, 0.6) is 0 Å². The van der Waals surface area contributed by atoms with Gasteiger partial charge in [-0.05, 0) is 13.1 Å². The van der Waals surface area contributed by atoms with Crippen molar-refractivity contribution in [1.82, 2.24) is 19.3 Å². The number of piperazine rings is 1. The zero-order chi connectivity index (χ0) is 14.0. The Morgan fingerprint density at radius 1 is 1.26 bits per heavy atom. The Morgan fingerprint density at radius 2 is 1.89 bits per heavy atom. The van der Waals surface area contributed by atoms with E-state index < -0.39 is 10.0 Å². The molecule has 1 aliphatic rings. The maximum absolute atomic E-state index is 12.2. The third-order valence-electron chi connectivity index (χ3n) is 3.31. The fourth-order valence-electron chi connectivity index (χ4n) is 2.00. The fraction of sp³-hybridized carbons (Fsp3) is 0.636. The fourth-order valence-corrected chi connectivity index (χ4v) is 3.22. The molecule has 7 nitrogen and oxygen atoms in total. The molecular formula is C11H20N4O3S. The first-order valence-electron chi connectivity index (χ1n) is 6.14. The molecule has 0 aliphatic carbocycles. The Labute approximate surface area is 113 Å². The third-order valence-corrected chi connectivity index (χ3v) is 4.65. The molecule has 0 bridgehead atoms. The summed E-state index contributed by atoms with van der Waals surface area (Å²) in [5.41, 5.74) is 0.568. The Balaban J connectivity index is 2.09. The smallest absolute Gasteiger partial charge is 0.254 e. The standard InChI is InChI=1S/C11H20N4O3S/c1-13-3-5-15(6-4-13)12-19(17,18)11-7-10(9-16)14(2)8-11/h7-8,12,16H,3-6,9H2,1-2H3. The second kappa shape index (κ2) is 5.59. The van der Waals surface area contributed by atoms with E-state index in [1.807, 2.05) is 7.05 Å². The Morgan fingerprint density at radius 3 is 2.42 bits per heavy atom. The number of aliphatic hydroxyl groups excluding tert-OH is 1. The lowest BCUT2D eigenvalue weighted by Crippen LogP contribution is -2.52. The van der Waals surface area contributed by atoms with E-state index in [0.717, 1.165) is 13.1 Å². The summed E-state index contributed by atoms with van der Waals surface area (Å²) >= 11 is 0. The van der Waals surface area contributed by atoms with E-state index in [4.69, 9.17) is 5.11 Å². The van der Waals surface area contributed by atoms with Gasteiger partial charge in [0.25, 0.3) is 10.0 Å². The second-order valence-electron chi connectivity index (χ2n) is 4.82. The van der Waals surface area contributed by atoms with Crippen molar-refractivity contribution in [2.24, 2.45) is 7.05 Å². The van der Waals surface area contributed by atoms with Gasteiger partial charge < -0.3 is 14.6 Å². The van der Waals surface area contributed by atoms with Crippen molar-refractivity contribution in [2.75, 3.05) is 33.2 Å². The van der Waals surface area contributed by atoms with Crippen LogP contribution in [0.1, 0.15) is 5.69 Å². The average molecular weight is 288 g/mol. The van der Waals surface area contributed by atoms with Gasteiger partial charge >= 0.3 is 0 Å². The molecule has 0 radical (unpaired) electrons.